The first kappa shape index (κ1) is 12.9. The van der Waals surface area contributed by atoms with Gasteiger partial charge in [-0.1, -0.05) is 23.3 Å². The van der Waals surface area contributed by atoms with Gasteiger partial charge >= 0.3 is 5.97 Å². The molecule has 80 valence electrons. The number of hydrogen-bond acceptors (Lipinski definition) is 2. The van der Waals surface area contributed by atoms with Gasteiger partial charge in [-0.05, 0) is 34.1 Å². The molecular weight excluding hydrogens is 176 g/mol. The van der Waals surface area contributed by atoms with E-state index in [0.717, 1.165) is 12.0 Å². The molecule has 0 saturated carbocycles. The summed E-state index contributed by atoms with van der Waals surface area (Å²) < 4.78 is 4.84. The molecule has 2 heteroatoms. The standard InChI is InChI=1S/C12H20O2/c1-5-14-12(13)9-11(4)8-6-7-10(2)3/h7-8H,5-6,9H2,1-4H3/b11-8+. The lowest BCUT2D eigenvalue weighted by molar-refractivity contribution is -0.142. The molecule has 0 bridgehead atoms. The lowest BCUT2D eigenvalue weighted by atomic mass is 10.1. The molecule has 0 rings (SSSR count). The third kappa shape index (κ3) is 7.59. The molecule has 0 N–H and O–H groups in total. The van der Waals surface area contributed by atoms with Crippen LogP contribution in [0, 0.1) is 0 Å². The van der Waals surface area contributed by atoms with E-state index in [-0.39, 0.29) is 5.97 Å². The fourth-order valence-electron chi connectivity index (χ4n) is 1.01. The molecule has 0 spiro atoms. The highest BCUT2D eigenvalue weighted by atomic mass is 16.5. The van der Waals surface area contributed by atoms with E-state index in [1.165, 1.54) is 5.57 Å². The third-order valence-electron chi connectivity index (χ3n) is 1.72. The average Bonchev–Trinajstić information content (AvgIpc) is 2.03. The second-order valence-electron chi connectivity index (χ2n) is 3.55. The van der Waals surface area contributed by atoms with E-state index in [9.17, 15) is 4.79 Å². The highest BCUT2D eigenvalue weighted by Gasteiger charge is 2.01. The zero-order valence-electron chi connectivity index (χ0n) is 9.59. The Kier molecular flexibility index (Phi) is 6.81. The molecule has 0 fully saturated rings. The Balaban J connectivity index is 3.88. The van der Waals surface area contributed by atoms with E-state index in [4.69, 9.17) is 4.74 Å². The van der Waals surface area contributed by atoms with Crippen molar-refractivity contribution in [2.45, 2.75) is 40.5 Å². The zero-order chi connectivity index (χ0) is 11.0. The molecule has 0 amide bonds. The lowest BCUT2D eigenvalue weighted by Gasteiger charge is -2.01. The first-order valence-electron chi connectivity index (χ1n) is 5.00. The summed E-state index contributed by atoms with van der Waals surface area (Å²) in [5, 5.41) is 0. The predicted molar refractivity (Wildman–Crippen MR) is 59.1 cm³/mol. The van der Waals surface area contributed by atoms with Gasteiger partial charge < -0.3 is 4.74 Å². The lowest BCUT2D eigenvalue weighted by Crippen LogP contribution is -2.03. The van der Waals surface area contributed by atoms with Crippen LogP contribution in [0.25, 0.3) is 0 Å². The maximum absolute atomic E-state index is 11.1. The maximum atomic E-state index is 11.1. The highest BCUT2D eigenvalue weighted by molar-refractivity contribution is 5.72. The molecular formula is C12H20O2. The van der Waals surface area contributed by atoms with Gasteiger partial charge in [-0.3, -0.25) is 4.79 Å². The van der Waals surface area contributed by atoms with Crippen molar-refractivity contribution in [1.29, 1.82) is 0 Å². The fourth-order valence-corrected chi connectivity index (χ4v) is 1.01. The Morgan fingerprint density at radius 1 is 1.21 bits per heavy atom. The van der Waals surface area contributed by atoms with E-state index >= 15 is 0 Å². The summed E-state index contributed by atoms with van der Waals surface area (Å²) >= 11 is 0. The number of esters is 1. The molecule has 0 radical (unpaired) electrons. The minimum atomic E-state index is -0.140. The van der Waals surface area contributed by atoms with Gasteiger partial charge in [-0.25, -0.2) is 0 Å². The van der Waals surface area contributed by atoms with E-state index in [2.05, 4.69) is 26.0 Å². The third-order valence-corrected chi connectivity index (χ3v) is 1.72. The van der Waals surface area contributed by atoms with Crippen LogP contribution < -0.4 is 0 Å². The Morgan fingerprint density at radius 2 is 1.86 bits per heavy atom. The highest BCUT2D eigenvalue weighted by Crippen LogP contribution is 2.04. The number of allylic oxidation sites excluding steroid dienone is 3. The van der Waals surface area contributed by atoms with Crippen LogP contribution in [0.5, 0.6) is 0 Å². The summed E-state index contributed by atoms with van der Waals surface area (Å²) in [4.78, 5) is 11.1. The molecule has 0 aromatic heterocycles. The summed E-state index contributed by atoms with van der Waals surface area (Å²) in [6.07, 6.45) is 5.50. The summed E-state index contributed by atoms with van der Waals surface area (Å²) in [7, 11) is 0. The molecule has 0 unspecified atom stereocenters. The van der Waals surface area contributed by atoms with E-state index in [1.807, 2.05) is 13.8 Å². The second-order valence-corrected chi connectivity index (χ2v) is 3.55. The van der Waals surface area contributed by atoms with Crippen molar-refractivity contribution in [1.82, 2.24) is 0 Å². The SMILES string of the molecule is CCOC(=O)C/C(C)=C/CC=C(C)C. The van der Waals surface area contributed by atoms with Crippen LogP contribution in [0.4, 0.5) is 0 Å². The first-order chi connectivity index (χ1) is 6.56. The molecule has 0 aliphatic heterocycles. The monoisotopic (exact) mass is 196 g/mol. The minimum Gasteiger partial charge on any atom is -0.466 e. The van der Waals surface area contributed by atoms with Crippen LogP contribution in [0.3, 0.4) is 0 Å². The predicted octanol–water partition coefficient (Wildman–Crippen LogP) is 3.24. The first-order valence-corrected chi connectivity index (χ1v) is 5.00. The van der Waals surface area contributed by atoms with Crippen molar-refractivity contribution < 1.29 is 9.53 Å². The van der Waals surface area contributed by atoms with Crippen LogP contribution in [-0.4, -0.2) is 12.6 Å². The molecule has 0 aliphatic carbocycles. The molecule has 0 aromatic carbocycles. The van der Waals surface area contributed by atoms with Gasteiger partial charge in [0.2, 0.25) is 0 Å². The molecule has 14 heavy (non-hydrogen) atoms. The van der Waals surface area contributed by atoms with Gasteiger partial charge in [0.1, 0.15) is 0 Å². The van der Waals surface area contributed by atoms with E-state index in [1.54, 1.807) is 0 Å². The van der Waals surface area contributed by atoms with Gasteiger partial charge in [0.15, 0.2) is 0 Å². The average molecular weight is 196 g/mol. The van der Waals surface area contributed by atoms with Crippen LogP contribution in [-0.2, 0) is 9.53 Å². The van der Waals surface area contributed by atoms with Crippen molar-refractivity contribution in [3.8, 4) is 0 Å². The van der Waals surface area contributed by atoms with Crippen LogP contribution in [0.1, 0.15) is 40.5 Å². The number of carbonyl (C=O) groups is 1. The largest absolute Gasteiger partial charge is 0.466 e. The minimum absolute atomic E-state index is 0.140. The second kappa shape index (κ2) is 7.36. The smallest absolute Gasteiger partial charge is 0.309 e. The van der Waals surface area contributed by atoms with Crippen molar-refractivity contribution >= 4 is 5.97 Å². The summed E-state index contributed by atoms with van der Waals surface area (Å²) in [6.45, 7) is 8.36. The van der Waals surface area contributed by atoms with Crippen molar-refractivity contribution in [3.63, 3.8) is 0 Å². The van der Waals surface area contributed by atoms with E-state index in [0.29, 0.717) is 13.0 Å². The molecule has 0 aromatic rings. The van der Waals surface area contributed by atoms with Gasteiger partial charge in [-0.2, -0.15) is 0 Å². The topological polar surface area (TPSA) is 26.3 Å². The Bertz CT molecular complexity index is 233. The van der Waals surface area contributed by atoms with Gasteiger partial charge in [-0.15, -0.1) is 0 Å². The molecule has 2 nitrogen and oxygen atoms in total. The van der Waals surface area contributed by atoms with Crippen LogP contribution in [0.15, 0.2) is 23.3 Å². The van der Waals surface area contributed by atoms with Crippen molar-refractivity contribution in [3.05, 3.63) is 23.3 Å². The Labute approximate surface area is 86.6 Å². The molecule has 0 atom stereocenters. The molecule has 0 heterocycles. The number of rotatable bonds is 5. The maximum Gasteiger partial charge on any atom is 0.309 e. The summed E-state index contributed by atoms with van der Waals surface area (Å²) in [6, 6.07) is 0. The number of ether oxygens (including phenoxy) is 1. The van der Waals surface area contributed by atoms with Gasteiger partial charge in [0, 0.05) is 0 Å². The Hall–Kier alpha value is -1.05. The quantitative estimate of drug-likeness (QED) is 0.498. The van der Waals surface area contributed by atoms with E-state index < -0.39 is 0 Å². The number of hydrogen-bond donors (Lipinski definition) is 0. The Morgan fingerprint density at radius 3 is 2.36 bits per heavy atom. The van der Waals surface area contributed by atoms with Crippen LogP contribution in [0.2, 0.25) is 0 Å². The zero-order valence-corrected chi connectivity index (χ0v) is 9.59. The molecule has 0 aliphatic rings. The fraction of sp³-hybridized carbons (Fsp3) is 0.583. The summed E-state index contributed by atoms with van der Waals surface area (Å²) in [5.41, 5.74) is 2.37. The summed E-state index contributed by atoms with van der Waals surface area (Å²) in [5.74, 6) is -0.140. The van der Waals surface area contributed by atoms with Crippen molar-refractivity contribution in [2.24, 2.45) is 0 Å². The molecule has 0 saturated heterocycles. The number of carbonyl (C=O) groups excluding carboxylic acids is 1. The normalized spacial score (nSPS) is 11.0. The van der Waals surface area contributed by atoms with Crippen molar-refractivity contribution in [2.75, 3.05) is 6.61 Å². The van der Waals surface area contributed by atoms with Crippen LogP contribution >= 0.6 is 0 Å². The van der Waals surface area contributed by atoms with Gasteiger partial charge in [0.25, 0.3) is 0 Å². The van der Waals surface area contributed by atoms with Gasteiger partial charge in [0.05, 0.1) is 13.0 Å².